The van der Waals surface area contributed by atoms with E-state index in [1.54, 1.807) is 31.3 Å². The number of methoxy groups -OCH3 is 1. The normalized spacial score (nSPS) is 12.6. The molecule has 0 bridgehead atoms. The van der Waals surface area contributed by atoms with Gasteiger partial charge in [-0.15, -0.1) is 0 Å². The lowest BCUT2D eigenvalue weighted by molar-refractivity contribution is -0.143. The molecule has 194 valence electrons. The quantitative estimate of drug-likeness (QED) is 0.172. The summed E-state index contributed by atoms with van der Waals surface area (Å²) in [4.78, 5) is 30.9. The predicted molar refractivity (Wildman–Crippen MR) is 155 cm³/mol. The van der Waals surface area contributed by atoms with E-state index >= 15 is 0 Å². The zero-order chi connectivity index (χ0) is 27.3. The summed E-state index contributed by atoms with van der Waals surface area (Å²) in [5.74, 6) is 0.351. The van der Waals surface area contributed by atoms with Crippen LogP contribution in [0.2, 0.25) is 0 Å². The standard InChI is InChI=1S/C30H23BrN4O4/c1-17-23(21-8-5-7-11-25(21)34(17)18(2)30(37)38-3)16-32-35-28(33-24-10-6-4-9-22(24)29(35)36)27-15-19-14-20(31)12-13-26(19)39-27/h4-16,18H,1-3H3/t18-/m0/s1. The first-order chi connectivity index (χ1) is 18.9. The number of hydrogen-bond acceptors (Lipinski definition) is 6. The van der Waals surface area contributed by atoms with E-state index in [9.17, 15) is 9.59 Å². The minimum atomic E-state index is -0.544. The predicted octanol–water partition coefficient (Wildman–Crippen LogP) is 6.45. The van der Waals surface area contributed by atoms with Crippen molar-refractivity contribution < 1.29 is 13.9 Å². The molecule has 0 N–H and O–H groups in total. The summed E-state index contributed by atoms with van der Waals surface area (Å²) >= 11 is 3.49. The Kier molecular flexibility index (Phi) is 6.15. The Morgan fingerprint density at radius 3 is 2.62 bits per heavy atom. The molecule has 0 unspecified atom stereocenters. The molecule has 0 aliphatic carbocycles. The zero-order valence-electron chi connectivity index (χ0n) is 21.4. The Morgan fingerprint density at radius 1 is 1.08 bits per heavy atom. The first-order valence-electron chi connectivity index (χ1n) is 12.3. The minimum absolute atomic E-state index is 0.284. The molecular formula is C30H23BrN4O4. The summed E-state index contributed by atoms with van der Waals surface area (Å²) in [6.07, 6.45) is 1.64. The van der Waals surface area contributed by atoms with Crippen LogP contribution in [0.4, 0.5) is 0 Å². The van der Waals surface area contributed by atoms with Crippen molar-refractivity contribution in [3.63, 3.8) is 0 Å². The number of para-hydroxylation sites is 2. The first-order valence-corrected chi connectivity index (χ1v) is 13.1. The molecule has 1 atom stereocenters. The van der Waals surface area contributed by atoms with Gasteiger partial charge in [0.05, 0.1) is 24.2 Å². The van der Waals surface area contributed by atoms with Crippen LogP contribution in [0.3, 0.4) is 0 Å². The van der Waals surface area contributed by atoms with Crippen LogP contribution in [0, 0.1) is 6.92 Å². The van der Waals surface area contributed by atoms with Gasteiger partial charge >= 0.3 is 5.97 Å². The third-order valence-electron chi connectivity index (χ3n) is 6.89. The number of aromatic nitrogens is 3. The molecule has 3 aromatic carbocycles. The van der Waals surface area contributed by atoms with Crippen molar-refractivity contribution in [2.75, 3.05) is 7.11 Å². The molecule has 0 saturated carbocycles. The number of ether oxygens (including phenoxy) is 1. The average molecular weight is 583 g/mol. The van der Waals surface area contributed by atoms with Crippen molar-refractivity contribution in [2.45, 2.75) is 19.9 Å². The van der Waals surface area contributed by atoms with Crippen LogP contribution in [0.25, 0.3) is 44.4 Å². The zero-order valence-corrected chi connectivity index (χ0v) is 23.0. The highest BCUT2D eigenvalue weighted by molar-refractivity contribution is 9.10. The monoisotopic (exact) mass is 582 g/mol. The van der Waals surface area contributed by atoms with Gasteiger partial charge in [0, 0.05) is 32.0 Å². The lowest BCUT2D eigenvalue weighted by atomic mass is 10.1. The Bertz CT molecular complexity index is 2000. The molecule has 6 rings (SSSR count). The van der Waals surface area contributed by atoms with E-state index in [1.807, 2.05) is 66.1 Å². The summed E-state index contributed by atoms with van der Waals surface area (Å²) < 4.78 is 15.2. The van der Waals surface area contributed by atoms with Gasteiger partial charge in [0.1, 0.15) is 11.6 Å². The number of carbonyl (C=O) groups is 1. The molecule has 0 amide bonds. The molecule has 39 heavy (non-hydrogen) atoms. The van der Waals surface area contributed by atoms with Gasteiger partial charge in [-0.1, -0.05) is 46.3 Å². The van der Waals surface area contributed by atoms with Crippen LogP contribution in [0.5, 0.6) is 0 Å². The highest BCUT2D eigenvalue weighted by atomic mass is 79.9. The molecule has 8 nitrogen and oxygen atoms in total. The number of hydrogen-bond donors (Lipinski definition) is 0. The summed E-state index contributed by atoms with van der Waals surface area (Å²) in [6, 6.07) is 21.9. The van der Waals surface area contributed by atoms with Crippen molar-refractivity contribution >= 4 is 60.9 Å². The molecule has 0 fully saturated rings. The minimum Gasteiger partial charge on any atom is -0.467 e. The maximum atomic E-state index is 13.7. The van der Waals surface area contributed by atoms with E-state index in [2.05, 4.69) is 21.0 Å². The van der Waals surface area contributed by atoms with E-state index < -0.39 is 6.04 Å². The molecule has 6 aromatic rings. The molecule has 3 aromatic heterocycles. The lowest BCUT2D eigenvalue weighted by Gasteiger charge is -2.15. The summed E-state index contributed by atoms with van der Waals surface area (Å²) in [5.41, 5.74) is 3.35. The van der Waals surface area contributed by atoms with Crippen molar-refractivity contribution in [1.29, 1.82) is 0 Å². The number of nitrogens with zero attached hydrogens (tertiary/aromatic N) is 4. The van der Waals surface area contributed by atoms with Crippen LogP contribution in [0.1, 0.15) is 24.2 Å². The third-order valence-corrected chi connectivity index (χ3v) is 7.38. The van der Waals surface area contributed by atoms with E-state index in [-0.39, 0.29) is 17.4 Å². The fourth-order valence-electron chi connectivity index (χ4n) is 4.99. The van der Waals surface area contributed by atoms with Gasteiger partial charge in [-0.2, -0.15) is 9.78 Å². The number of carbonyl (C=O) groups excluding carboxylic acids is 1. The van der Waals surface area contributed by atoms with Gasteiger partial charge in [-0.3, -0.25) is 4.79 Å². The fraction of sp³-hybridized carbons (Fsp3) is 0.133. The highest BCUT2D eigenvalue weighted by Gasteiger charge is 2.23. The van der Waals surface area contributed by atoms with Crippen molar-refractivity contribution in [3.8, 4) is 11.6 Å². The summed E-state index contributed by atoms with van der Waals surface area (Å²) in [6.45, 7) is 3.71. The smallest absolute Gasteiger partial charge is 0.328 e. The van der Waals surface area contributed by atoms with Crippen LogP contribution in [-0.4, -0.2) is 33.5 Å². The molecule has 9 heteroatoms. The number of furan rings is 1. The van der Waals surface area contributed by atoms with Crippen LogP contribution in [-0.2, 0) is 9.53 Å². The van der Waals surface area contributed by atoms with E-state index in [4.69, 9.17) is 14.1 Å². The van der Waals surface area contributed by atoms with Crippen LogP contribution < -0.4 is 5.56 Å². The molecule has 3 heterocycles. The molecule has 0 spiro atoms. The largest absolute Gasteiger partial charge is 0.467 e. The van der Waals surface area contributed by atoms with E-state index in [0.717, 1.165) is 32.0 Å². The molecule has 0 radical (unpaired) electrons. The fourth-order valence-corrected chi connectivity index (χ4v) is 5.36. The SMILES string of the molecule is COC(=O)[C@H](C)n1c(C)c(C=Nn2c(-c3cc4cc(Br)ccc4o3)nc3ccccc3c2=O)c2ccccc21. The van der Waals surface area contributed by atoms with Crippen LogP contribution in [0.15, 0.2) is 91.6 Å². The average Bonchev–Trinajstić information content (AvgIpc) is 3.49. The molecule has 0 aliphatic heterocycles. The van der Waals surface area contributed by atoms with Gasteiger partial charge in [-0.05, 0) is 56.3 Å². The van der Waals surface area contributed by atoms with Crippen molar-refractivity contribution in [3.05, 3.63) is 98.9 Å². The lowest BCUT2D eigenvalue weighted by Crippen LogP contribution is -2.20. The van der Waals surface area contributed by atoms with Crippen molar-refractivity contribution in [2.24, 2.45) is 5.10 Å². The second-order valence-corrected chi connectivity index (χ2v) is 10.1. The second kappa shape index (κ2) is 9.67. The Morgan fingerprint density at radius 2 is 1.82 bits per heavy atom. The van der Waals surface area contributed by atoms with E-state index in [0.29, 0.717) is 22.2 Å². The highest BCUT2D eigenvalue weighted by Crippen LogP contribution is 2.31. The number of rotatable bonds is 5. The van der Waals surface area contributed by atoms with Gasteiger partial charge in [0.2, 0.25) is 5.82 Å². The van der Waals surface area contributed by atoms with Crippen LogP contribution >= 0.6 is 15.9 Å². The number of fused-ring (bicyclic) bond motifs is 3. The van der Waals surface area contributed by atoms with E-state index in [1.165, 1.54) is 11.8 Å². The third kappa shape index (κ3) is 4.15. The van der Waals surface area contributed by atoms with Gasteiger partial charge < -0.3 is 13.7 Å². The Hall–Kier alpha value is -4.50. The Labute approximate surface area is 231 Å². The molecule has 0 aliphatic rings. The van der Waals surface area contributed by atoms with Gasteiger partial charge in [-0.25, -0.2) is 9.78 Å². The number of esters is 1. The maximum absolute atomic E-state index is 13.7. The Balaban J connectivity index is 1.57. The summed E-state index contributed by atoms with van der Waals surface area (Å²) in [7, 11) is 1.37. The first kappa shape index (κ1) is 24.8. The topological polar surface area (TPSA) is 91.6 Å². The maximum Gasteiger partial charge on any atom is 0.328 e. The molecular weight excluding hydrogens is 560 g/mol. The molecule has 0 saturated heterocycles. The number of halogens is 1. The van der Waals surface area contributed by atoms with Crippen molar-refractivity contribution in [1.82, 2.24) is 14.2 Å². The number of benzene rings is 3. The summed E-state index contributed by atoms with van der Waals surface area (Å²) in [5, 5.41) is 6.86. The van der Waals surface area contributed by atoms with Gasteiger partial charge in [0.15, 0.2) is 5.76 Å². The van der Waals surface area contributed by atoms with Gasteiger partial charge in [0.25, 0.3) is 5.56 Å². The second-order valence-electron chi connectivity index (χ2n) is 9.19.